The Hall–Kier alpha value is -1.85. The molecule has 0 aliphatic carbocycles. The molecule has 25 heavy (non-hydrogen) atoms. The number of benzene rings is 1. The van der Waals surface area contributed by atoms with E-state index in [1.54, 1.807) is 16.2 Å². The van der Waals surface area contributed by atoms with Crippen molar-refractivity contribution in [3.8, 4) is 0 Å². The maximum absolute atomic E-state index is 12.9. The number of carbonyl (C=O) groups is 1. The number of thiophene rings is 1. The molecule has 0 radical (unpaired) electrons. The fraction of sp³-hybridized carbons (Fsp3) is 0.450. The quantitative estimate of drug-likeness (QED) is 0.808. The van der Waals surface area contributed by atoms with Crippen LogP contribution in [-0.2, 0) is 11.3 Å². The number of amides is 1. The largest absolute Gasteiger partial charge is 0.446 e. The molecule has 4 rings (SSSR count). The average Bonchev–Trinajstić information content (AvgIpc) is 3.19. The van der Waals surface area contributed by atoms with E-state index in [4.69, 9.17) is 4.74 Å². The van der Waals surface area contributed by atoms with Gasteiger partial charge in [-0.05, 0) is 54.4 Å². The fourth-order valence-electron chi connectivity index (χ4n) is 4.10. The van der Waals surface area contributed by atoms with Crippen molar-refractivity contribution in [3.05, 3.63) is 52.7 Å². The lowest BCUT2D eigenvalue weighted by Crippen LogP contribution is -2.45. The van der Waals surface area contributed by atoms with E-state index in [2.05, 4.69) is 23.4 Å². The van der Waals surface area contributed by atoms with E-state index in [1.807, 2.05) is 35.7 Å². The van der Waals surface area contributed by atoms with Gasteiger partial charge in [-0.25, -0.2) is 4.79 Å². The van der Waals surface area contributed by atoms with Gasteiger partial charge in [-0.2, -0.15) is 11.3 Å². The molecule has 2 aliphatic heterocycles. The number of hydrogen-bond donors (Lipinski definition) is 0. The predicted octanol–water partition coefficient (Wildman–Crippen LogP) is 4.52. The monoisotopic (exact) mass is 356 g/mol. The Morgan fingerprint density at radius 1 is 1.20 bits per heavy atom. The number of hydrogen-bond acceptors (Lipinski definition) is 4. The second kappa shape index (κ2) is 7.18. The predicted molar refractivity (Wildman–Crippen MR) is 101 cm³/mol. The zero-order valence-electron chi connectivity index (χ0n) is 14.5. The van der Waals surface area contributed by atoms with Gasteiger partial charge in [-0.15, -0.1) is 0 Å². The number of rotatable bonds is 4. The molecule has 0 unspecified atom stereocenters. The Morgan fingerprint density at radius 2 is 1.92 bits per heavy atom. The molecule has 2 bridgehead atoms. The molecule has 0 spiro atoms. The van der Waals surface area contributed by atoms with Crippen LogP contribution in [0.2, 0.25) is 0 Å². The van der Waals surface area contributed by atoms with E-state index in [1.165, 1.54) is 12.8 Å². The van der Waals surface area contributed by atoms with Crippen molar-refractivity contribution >= 4 is 23.1 Å². The molecule has 3 atom stereocenters. The van der Waals surface area contributed by atoms with Crippen LogP contribution in [0.4, 0.5) is 10.5 Å². The number of ether oxygens (including phenoxy) is 1. The van der Waals surface area contributed by atoms with Gasteiger partial charge in [-0.3, -0.25) is 4.90 Å². The highest BCUT2D eigenvalue weighted by Crippen LogP contribution is 2.36. The lowest BCUT2D eigenvalue weighted by molar-refractivity contribution is 0.0314. The van der Waals surface area contributed by atoms with E-state index in [0.717, 1.165) is 24.1 Å². The maximum Gasteiger partial charge on any atom is 0.414 e. The molecule has 2 fully saturated rings. The third-order valence-corrected chi connectivity index (χ3v) is 6.26. The molecule has 1 amide bonds. The van der Waals surface area contributed by atoms with Gasteiger partial charge in [0.1, 0.15) is 6.10 Å². The summed E-state index contributed by atoms with van der Waals surface area (Å²) in [6, 6.07) is 13.0. The van der Waals surface area contributed by atoms with Crippen LogP contribution in [0.1, 0.15) is 31.2 Å². The van der Waals surface area contributed by atoms with Crippen LogP contribution in [0.3, 0.4) is 0 Å². The Kier molecular flexibility index (Phi) is 4.77. The van der Waals surface area contributed by atoms with E-state index >= 15 is 0 Å². The molecule has 2 saturated heterocycles. The highest BCUT2D eigenvalue weighted by molar-refractivity contribution is 7.07. The lowest BCUT2D eigenvalue weighted by atomic mass is 10.0. The van der Waals surface area contributed by atoms with E-state index in [0.29, 0.717) is 18.6 Å². The Balaban J connectivity index is 1.48. The summed E-state index contributed by atoms with van der Waals surface area (Å²) >= 11 is 1.65. The summed E-state index contributed by atoms with van der Waals surface area (Å²) in [7, 11) is 2.20. The zero-order chi connectivity index (χ0) is 17.2. The molecule has 0 N–H and O–H groups in total. The van der Waals surface area contributed by atoms with Crippen molar-refractivity contribution in [2.45, 2.75) is 50.4 Å². The van der Waals surface area contributed by atoms with Crippen molar-refractivity contribution in [1.29, 1.82) is 0 Å². The maximum atomic E-state index is 12.9. The van der Waals surface area contributed by atoms with Crippen molar-refractivity contribution < 1.29 is 9.53 Å². The van der Waals surface area contributed by atoms with Gasteiger partial charge in [0, 0.05) is 30.6 Å². The molecule has 5 heteroatoms. The molecule has 132 valence electrons. The molecule has 4 nitrogen and oxygen atoms in total. The molecule has 1 aromatic heterocycles. The SMILES string of the molecule is CN1[C@@H]2CC[C@H]1C[C@@H](OC(=O)N(Cc1ccsc1)c1ccccc1)C2. The summed E-state index contributed by atoms with van der Waals surface area (Å²) in [5, 5.41) is 4.12. The fourth-order valence-corrected chi connectivity index (χ4v) is 4.76. The van der Waals surface area contributed by atoms with Crippen LogP contribution < -0.4 is 4.90 Å². The van der Waals surface area contributed by atoms with Crippen LogP contribution in [0.15, 0.2) is 47.2 Å². The number of anilines is 1. The van der Waals surface area contributed by atoms with Gasteiger partial charge in [0.15, 0.2) is 0 Å². The summed E-state index contributed by atoms with van der Waals surface area (Å²) in [4.78, 5) is 17.2. The van der Waals surface area contributed by atoms with E-state index in [-0.39, 0.29) is 12.2 Å². The summed E-state index contributed by atoms with van der Waals surface area (Å²) in [6.45, 7) is 0.547. The van der Waals surface area contributed by atoms with Gasteiger partial charge in [0.25, 0.3) is 0 Å². The Labute approximate surface area is 153 Å². The first-order valence-electron chi connectivity index (χ1n) is 8.97. The molecule has 1 aromatic carbocycles. The minimum Gasteiger partial charge on any atom is -0.446 e. The zero-order valence-corrected chi connectivity index (χ0v) is 15.3. The minimum absolute atomic E-state index is 0.0369. The average molecular weight is 356 g/mol. The third kappa shape index (κ3) is 3.58. The van der Waals surface area contributed by atoms with Crippen LogP contribution >= 0.6 is 11.3 Å². The molecule has 2 aliphatic rings. The third-order valence-electron chi connectivity index (χ3n) is 5.53. The highest BCUT2D eigenvalue weighted by atomic mass is 32.1. The molecular formula is C20H24N2O2S. The second-order valence-electron chi connectivity index (χ2n) is 7.08. The van der Waals surface area contributed by atoms with Crippen LogP contribution in [0.25, 0.3) is 0 Å². The molecule has 2 aromatic rings. The Bertz CT molecular complexity index is 690. The van der Waals surface area contributed by atoms with Crippen molar-refractivity contribution in [2.75, 3.05) is 11.9 Å². The van der Waals surface area contributed by atoms with Crippen LogP contribution in [0.5, 0.6) is 0 Å². The van der Waals surface area contributed by atoms with E-state index in [9.17, 15) is 4.79 Å². The van der Waals surface area contributed by atoms with Gasteiger partial charge in [0.05, 0.1) is 6.54 Å². The van der Waals surface area contributed by atoms with Crippen LogP contribution in [-0.4, -0.2) is 36.2 Å². The van der Waals surface area contributed by atoms with E-state index < -0.39 is 0 Å². The number of carbonyl (C=O) groups excluding carboxylic acids is 1. The smallest absolute Gasteiger partial charge is 0.414 e. The van der Waals surface area contributed by atoms with Gasteiger partial charge in [0.2, 0.25) is 0 Å². The number of piperidine rings is 1. The first kappa shape index (κ1) is 16.6. The topological polar surface area (TPSA) is 32.8 Å². The molecular weight excluding hydrogens is 332 g/mol. The number of nitrogens with zero attached hydrogens (tertiary/aromatic N) is 2. The highest BCUT2D eigenvalue weighted by Gasteiger charge is 2.40. The Morgan fingerprint density at radius 3 is 2.56 bits per heavy atom. The van der Waals surface area contributed by atoms with Crippen molar-refractivity contribution in [3.63, 3.8) is 0 Å². The van der Waals surface area contributed by atoms with Gasteiger partial charge in [-0.1, -0.05) is 18.2 Å². The normalized spacial score (nSPS) is 25.7. The first-order valence-corrected chi connectivity index (χ1v) is 9.91. The van der Waals surface area contributed by atoms with Crippen molar-refractivity contribution in [2.24, 2.45) is 0 Å². The summed E-state index contributed by atoms with van der Waals surface area (Å²) in [5.41, 5.74) is 2.02. The van der Waals surface area contributed by atoms with Crippen LogP contribution in [0, 0.1) is 0 Å². The number of para-hydroxylation sites is 1. The van der Waals surface area contributed by atoms with Gasteiger partial charge < -0.3 is 9.64 Å². The number of fused-ring (bicyclic) bond motifs is 2. The standard InChI is InChI=1S/C20H24N2O2S/c1-21-17-7-8-18(21)12-19(11-17)24-20(23)22(13-15-9-10-25-14-15)16-5-3-2-4-6-16/h2-6,9-10,14,17-19H,7-8,11-13H2,1H3/t17-,18+,19+. The van der Waals surface area contributed by atoms with Crippen molar-refractivity contribution in [1.82, 2.24) is 4.90 Å². The summed E-state index contributed by atoms with van der Waals surface area (Å²) < 4.78 is 5.95. The van der Waals surface area contributed by atoms with Gasteiger partial charge >= 0.3 is 6.09 Å². The lowest BCUT2D eigenvalue weighted by Gasteiger charge is -2.36. The second-order valence-corrected chi connectivity index (χ2v) is 7.86. The minimum atomic E-state index is -0.230. The molecule has 0 saturated carbocycles. The first-order chi connectivity index (χ1) is 12.2. The molecule has 3 heterocycles. The summed E-state index contributed by atoms with van der Waals surface area (Å²) in [6.07, 6.45) is 4.18. The summed E-state index contributed by atoms with van der Waals surface area (Å²) in [5.74, 6) is 0.